The van der Waals surface area contributed by atoms with E-state index in [0.29, 0.717) is 16.8 Å². The molecule has 0 saturated heterocycles. The van der Waals surface area contributed by atoms with Gasteiger partial charge in [0.05, 0.1) is 23.4 Å². The first-order valence-corrected chi connectivity index (χ1v) is 6.90. The van der Waals surface area contributed by atoms with Gasteiger partial charge in [-0.2, -0.15) is 0 Å². The molecule has 1 aromatic carbocycles. The van der Waals surface area contributed by atoms with Crippen LogP contribution in [-0.4, -0.2) is 27.6 Å². The minimum atomic E-state index is -0.506. The van der Waals surface area contributed by atoms with Gasteiger partial charge in [-0.1, -0.05) is 12.1 Å². The number of nitrogens with two attached hydrogens (primary N) is 1. The van der Waals surface area contributed by atoms with Crippen LogP contribution < -0.4 is 11.3 Å². The molecule has 0 bridgehead atoms. The van der Waals surface area contributed by atoms with E-state index in [-0.39, 0.29) is 23.4 Å². The lowest BCUT2D eigenvalue weighted by molar-refractivity contribution is 0.0640. The van der Waals surface area contributed by atoms with Crippen LogP contribution in [-0.2, 0) is 6.54 Å². The number of hydrogen-bond donors (Lipinski definition) is 2. The molecule has 0 fully saturated rings. The predicted octanol–water partition coefficient (Wildman–Crippen LogP) is 0.543. The van der Waals surface area contributed by atoms with E-state index >= 15 is 0 Å². The Morgan fingerprint density at radius 3 is 2.43 bits per heavy atom. The highest BCUT2D eigenvalue weighted by molar-refractivity contribution is 7.11. The molecule has 21 heavy (non-hydrogen) atoms. The number of carbonyl (C=O) groups is 3. The van der Waals surface area contributed by atoms with Crippen LogP contribution in [0.4, 0.5) is 0 Å². The van der Waals surface area contributed by atoms with Crippen LogP contribution in [0.5, 0.6) is 0 Å². The highest BCUT2D eigenvalue weighted by Crippen LogP contribution is 2.24. The molecule has 1 aliphatic rings. The Morgan fingerprint density at radius 2 is 1.86 bits per heavy atom. The number of benzene rings is 1. The van der Waals surface area contributed by atoms with E-state index in [1.165, 1.54) is 0 Å². The van der Waals surface area contributed by atoms with Gasteiger partial charge in [0.1, 0.15) is 0 Å². The molecule has 8 heteroatoms. The first-order valence-electron chi connectivity index (χ1n) is 6.02. The van der Waals surface area contributed by atoms with Gasteiger partial charge in [-0.15, -0.1) is 11.3 Å². The fraction of sp³-hybridized carbons (Fsp3) is 0.0769. The van der Waals surface area contributed by atoms with Gasteiger partial charge in [0.15, 0.2) is 5.01 Å². The molecule has 0 saturated carbocycles. The number of nitrogen functional groups attached to an aromatic ring is 1. The zero-order valence-corrected chi connectivity index (χ0v) is 11.5. The van der Waals surface area contributed by atoms with Crippen molar-refractivity contribution >= 4 is 29.1 Å². The molecule has 2 aromatic rings. The molecule has 3 rings (SSSR count). The molecule has 0 atom stereocenters. The van der Waals surface area contributed by atoms with E-state index in [4.69, 9.17) is 5.84 Å². The maximum atomic E-state index is 12.2. The number of amides is 3. The Balaban J connectivity index is 1.84. The van der Waals surface area contributed by atoms with Crippen LogP contribution in [0.1, 0.15) is 36.2 Å². The van der Waals surface area contributed by atoms with Crippen molar-refractivity contribution in [1.82, 2.24) is 15.3 Å². The van der Waals surface area contributed by atoms with E-state index in [1.807, 2.05) is 5.43 Å². The third-order valence-corrected chi connectivity index (χ3v) is 3.97. The normalized spacial score (nSPS) is 13.5. The third-order valence-electron chi connectivity index (χ3n) is 3.08. The molecule has 3 N–H and O–H groups in total. The van der Waals surface area contributed by atoms with Crippen LogP contribution in [0.2, 0.25) is 0 Å². The molecule has 7 nitrogen and oxygen atoms in total. The fourth-order valence-corrected chi connectivity index (χ4v) is 2.80. The summed E-state index contributed by atoms with van der Waals surface area (Å²) in [6, 6.07) is 6.65. The first kappa shape index (κ1) is 13.4. The molecule has 2 heterocycles. The monoisotopic (exact) mass is 302 g/mol. The second kappa shape index (κ2) is 5.08. The Hall–Kier alpha value is -2.58. The van der Waals surface area contributed by atoms with Crippen LogP contribution in [0.25, 0.3) is 0 Å². The molecule has 1 aliphatic heterocycles. The molecule has 0 radical (unpaired) electrons. The average molecular weight is 302 g/mol. The SMILES string of the molecule is NNC(=O)c1nc(CN2C(=O)c3ccccc3C2=O)cs1. The van der Waals surface area contributed by atoms with Crippen LogP contribution in [0, 0.1) is 0 Å². The maximum Gasteiger partial charge on any atom is 0.294 e. The van der Waals surface area contributed by atoms with Crippen molar-refractivity contribution in [2.75, 3.05) is 0 Å². The molecule has 1 aromatic heterocycles. The summed E-state index contributed by atoms with van der Waals surface area (Å²) in [6.45, 7) is 0.0285. The molecular weight excluding hydrogens is 292 g/mol. The van der Waals surface area contributed by atoms with Gasteiger partial charge in [0.2, 0.25) is 0 Å². The van der Waals surface area contributed by atoms with Crippen molar-refractivity contribution in [1.29, 1.82) is 0 Å². The highest BCUT2D eigenvalue weighted by Gasteiger charge is 2.35. The number of aromatic nitrogens is 1. The molecule has 0 aliphatic carbocycles. The summed E-state index contributed by atoms with van der Waals surface area (Å²) < 4.78 is 0. The smallest absolute Gasteiger partial charge is 0.288 e. The summed E-state index contributed by atoms with van der Waals surface area (Å²) in [5, 5.41) is 1.80. The Kier molecular flexibility index (Phi) is 3.24. The van der Waals surface area contributed by atoms with Crippen LogP contribution >= 0.6 is 11.3 Å². The van der Waals surface area contributed by atoms with E-state index in [2.05, 4.69) is 4.98 Å². The van der Waals surface area contributed by atoms with Crippen molar-refractivity contribution in [2.24, 2.45) is 5.84 Å². The number of hydrazine groups is 1. The van der Waals surface area contributed by atoms with Crippen LogP contribution in [0.15, 0.2) is 29.6 Å². The third kappa shape index (κ3) is 2.20. The number of nitrogens with one attached hydrogen (secondary N) is 1. The summed E-state index contributed by atoms with van der Waals surface area (Å²) in [5.74, 6) is 3.81. The molecule has 0 spiro atoms. The Morgan fingerprint density at radius 1 is 1.24 bits per heavy atom. The van der Waals surface area contributed by atoms with Crippen molar-refractivity contribution in [3.63, 3.8) is 0 Å². The van der Waals surface area contributed by atoms with Gasteiger partial charge >= 0.3 is 0 Å². The van der Waals surface area contributed by atoms with Gasteiger partial charge in [-0.05, 0) is 12.1 Å². The Labute approximate surface area is 123 Å². The molecule has 0 unspecified atom stereocenters. The topological polar surface area (TPSA) is 105 Å². The molecule has 3 amide bonds. The lowest BCUT2D eigenvalue weighted by Gasteiger charge is -2.11. The number of rotatable bonds is 3. The van der Waals surface area contributed by atoms with E-state index in [0.717, 1.165) is 16.2 Å². The summed E-state index contributed by atoms with van der Waals surface area (Å²) in [7, 11) is 0. The molecular formula is C13H10N4O3S. The van der Waals surface area contributed by atoms with E-state index in [9.17, 15) is 14.4 Å². The van der Waals surface area contributed by atoms with Crippen LogP contribution in [0.3, 0.4) is 0 Å². The van der Waals surface area contributed by atoms with Crippen molar-refractivity contribution in [3.8, 4) is 0 Å². The summed E-state index contributed by atoms with van der Waals surface area (Å²) in [4.78, 5) is 40.9. The summed E-state index contributed by atoms with van der Waals surface area (Å²) in [5.41, 5.74) is 3.22. The number of nitrogens with zero attached hydrogens (tertiary/aromatic N) is 2. The minimum Gasteiger partial charge on any atom is -0.288 e. The zero-order valence-electron chi connectivity index (χ0n) is 10.7. The number of fused-ring (bicyclic) bond motifs is 1. The zero-order chi connectivity index (χ0) is 15.0. The van der Waals surface area contributed by atoms with Gasteiger partial charge in [0.25, 0.3) is 17.7 Å². The first-order chi connectivity index (χ1) is 10.1. The van der Waals surface area contributed by atoms with E-state index < -0.39 is 5.91 Å². The standard InChI is InChI=1S/C13H10N4O3S/c14-16-10(18)11-15-7(6-21-11)5-17-12(19)8-3-1-2-4-9(8)13(17)20/h1-4,6H,5,14H2,(H,16,18). The second-order valence-electron chi connectivity index (χ2n) is 4.36. The molecule has 106 valence electrons. The lowest BCUT2D eigenvalue weighted by Crippen LogP contribution is -2.30. The Bertz CT molecular complexity index is 720. The predicted molar refractivity (Wildman–Crippen MR) is 74.4 cm³/mol. The highest BCUT2D eigenvalue weighted by atomic mass is 32.1. The fourth-order valence-electron chi connectivity index (χ4n) is 2.09. The van der Waals surface area contributed by atoms with Crippen molar-refractivity contribution in [3.05, 3.63) is 51.5 Å². The minimum absolute atomic E-state index is 0.0285. The van der Waals surface area contributed by atoms with Crippen molar-refractivity contribution in [2.45, 2.75) is 6.54 Å². The average Bonchev–Trinajstić information content (AvgIpc) is 3.07. The maximum absolute atomic E-state index is 12.2. The quantitative estimate of drug-likeness (QED) is 0.373. The second-order valence-corrected chi connectivity index (χ2v) is 5.22. The van der Waals surface area contributed by atoms with Crippen molar-refractivity contribution < 1.29 is 14.4 Å². The number of hydrogen-bond acceptors (Lipinski definition) is 6. The van der Waals surface area contributed by atoms with Gasteiger partial charge in [-0.25, -0.2) is 10.8 Å². The number of thiazole rings is 1. The van der Waals surface area contributed by atoms with Gasteiger partial charge < -0.3 is 0 Å². The van der Waals surface area contributed by atoms with Gasteiger partial charge in [0, 0.05) is 5.38 Å². The van der Waals surface area contributed by atoms with E-state index in [1.54, 1.807) is 29.6 Å². The van der Waals surface area contributed by atoms with Gasteiger partial charge in [-0.3, -0.25) is 24.7 Å². The summed E-state index contributed by atoms with van der Waals surface area (Å²) in [6.07, 6.45) is 0. The number of carbonyl (C=O) groups excluding carboxylic acids is 3. The number of imide groups is 1. The largest absolute Gasteiger partial charge is 0.294 e. The summed E-state index contributed by atoms with van der Waals surface area (Å²) >= 11 is 1.10. The lowest BCUT2D eigenvalue weighted by atomic mass is 10.1.